The number of hydrogen-bond donors (Lipinski definition) is 0. The van der Waals surface area contributed by atoms with Crippen molar-refractivity contribution in [1.29, 1.82) is 0 Å². The van der Waals surface area contributed by atoms with E-state index >= 15 is 0 Å². The van der Waals surface area contributed by atoms with Crippen LogP contribution in [0.1, 0.15) is 5.69 Å². The summed E-state index contributed by atoms with van der Waals surface area (Å²) in [5.41, 5.74) is 0.647. The molecule has 0 amide bonds. The van der Waals surface area contributed by atoms with Crippen LogP contribution >= 0.6 is 0 Å². The van der Waals surface area contributed by atoms with Crippen LogP contribution in [0.25, 0.3) is 0 Å². The highest BCUT2D eigenvalue weighted by Gasteiger charge is 2.31. The Hall–Kier alpha value is -2.00. The number of nitrogens with zero attached hydrogens (tertiary/aromatic N) is 6. The van der Waals surface area contributed by atoms with Crippen LogP contribution < -0.4 is 4.90 Å². The Morgan fingerprint density at radius 1 is 1.09 bits per heavy atom. The van der Waals surface area contributed by atoms with Crippen LogP contribution in [-0.2, 0) is 17.1 Å². The molecule has 1 saturated heterocycles. The molecule has 3 heterocycles. The number of hydrogen-bond acceptors (Lipinski definition) is 6. The molecular formula is C13H18N6O2S. The Bertz CT molecular complexity index is 750. The number of piperazine rings is 1. The second-order valence-electron chi connectivity index (χ2n) is 5.16. The molecule has 22 heavy (non-hydrogen) atoms. The van der Waals surface area contributed by atoms with Crippen LogP contribution in [0, 0.1) is 6.92 Å². The molecule has 0 aromatic carbocycles. The number of aryl methyl sites for hydroxylation is 1. The Kier molecular flexibility index (Phi) is 3.83. The van der Waals surface area contributed by atoms with Gasteiger partial charge in [-0.05, 0) is 13.0 Å². The molecule has 2 aromatic rings. The first kappa shape index (κ1) is 14.9. The molecule has 8 nitrogen and oxygen atoms in total. The zero-order chi connectivity index (χ0) is 15.7. The van der Waals surface area contributed by atoms with Crippen molar-refractivity contribution in [1.82, 2.24) is 24.1 Å². The molecule has 0 bridgehead atoms. The van der Waals surface area contributed by atoms with Crippen molar-refractivity contribution in [3.8, 4) is 0 Å². The lowest BCUT2D eigenvalue weighted by atomic mass is 10.4. The van der Waals surface area contributed by atoms with Crippen molar-refractivity contribution in [3.05, 3.63) is 30.4 Å². The first-order valence-corrected chi connectivity index (χ1v) is 8.45. The minimum absolute atomic E-state index is 0.277. The van der Waals surface area contributed by atoms with Gasteiger partial charge < -0.3 is 4.90 Å². The maximum Gasteiger partial charge on any atom is 0.246 e. The maximum atomic E-state index is 12.7. The lowest BCUT2D eigenvalue weighted by molar-refractivity contribution is 0.382. The summed E-state index contributed by atoms with van der Waals surface area (Å²) in [6.07, 6.45) is 4.78. The molecule has 0 aliphatic carbocycles. The predicted molar refractivity (Wildman–Crippen MR) is 80.9 cm³/mol. The van der Waals surface area contributed by atoms with E-state index < -0.39 is 10.0 Å². The normalized spacial score (nSPS) is 16.9. The Balaban J connectivity index is 1.75. The van der Waals surface area contributed by atoms with Crippen LogP contribution in [-0.4, -0.2) is 58.7 Å². The quantitative estimate of drug-likeness (QED) is 0.793. The molecule has 0 saturated carbocycles. The average molecular weight is 322 g/mol. The van der Waals surface area contributed by atoms with Gasteiger partial charge in [0.15, 0.2) is 0 Å². The molecule has 3 rings (SSSR count). The van der Waals surface area contributed by atoms with Gasteiger partial charge >= 0.3 is 0 Å². The van der Waals surface area contributed by atoms with Gasteiger partial charge in [-0.3, -0.25) is 4.68 Å². The molecule has 0 spiro atoms. The number of anilines is 1. The van der Waals surface area contributed by atoms with Crippen molar-refractivity contribution in [2.45, 2.75) is 11.8 Å². The van der Waals surface area contributed by atoms with Crippen LogP contribution in [0.5, 0.6) is 0 Å². The summed E-state index contributed by atoms with van der Waals surface area (Å²) < 4.78 is 28.4. The highest BCUT2D eigenvalue weighted by Crippen LogP contribution is 2.21. The molecule has 118 valence electrons. The van der Waals surface area contributed by atoms with Crippen LogP contribution in [0.15, 0.2) is 29.6 Å². The first-order valence-electron chi connectivity index (χ1n) is 7.01. The second-order valence-corrected chi connectivity index (χ2v) is 7.06. The maximum absolute atomic E-state index is 12.7. The van der Waals surface area contributed by atoms with Gasteiger partial charge in [0.2, 0.25) is 16.0 Å². The predicted octanol–water partition coefficient (Wildman–Crippen LogP) is 0.0294. The topological polar surface area (TPSA) is 84.2 Å². The van der Waals surface area contributed by atoms with E-state index in [0.29, 0.717) is 37.8 Å². The van der Waals surface area contributed by atoms with Gasteiger partial charge in [-0.25, -0.2) is 18.4 Å². The van der Waals surface area contributed by atoms with Crippen molar-refractivity contribution >= 4 is 16.0 Å². The zero-order valence-corrected chi connectivity index (χ0v) is 13.4. The van der Waals surface area contributed by atoms with Gasteiger partial charge in [-0.1, -0.05) is 0 Å². The summed E-state index contributed by atoms with van der Waals surface area (Å²) in [6.45, 7) is 3.73. The van der Waals surface area contributed by atoms with Gasteiger partial charge in [0.1, 0.15) is 4.90 Å². The summed E-state index contributed by atoms with van der Waals surface area (Å²) >= 11 is 0. The minimum atomic E-state index is -3.49. The van der Waals surface area contributed by atoms with Gasteiger partial charge in [0.25, 0.3) is 0 Å². The Morgan fingerprint density at radius 2 is 1.73 bits per heavy atom. The van der Waals surface area contributed by atoms with E-state index in [0.717, 1.165) is 0 Å². The highest BCUT2D eigenvalue weighted by atomic mass is 32.2. The summed E-state index contributed by atoms with van der Waals surface area (Å²) in [5, 5.41) is 4.02. The van der Waals surface area contributed by atoms with Gasteiger partial charge in [0, 0.05) is 45.6 Å². The van der Waals surface area contributed by atoms with E-state index in [-0.39, 0.29) is 4.90 Å². The molecule has 0 unspecified atom stereocenters. The minimum Gasteiger partial charge on any atom is -0.338 e. The third-order valence-corrected chi connectivity index (χ3v) is 5.88. The fraction of sp³-hybridized carbons (Fsp3) is 0.462. The smallest absolute Gasteiger partial charge is 0.246 e. The third kappa shape index (κ3) is 2.57. The Morgan fingerprint density at radius 3 is 2.27 bits per heavy atom. The molecule has 1 fully saturated rings. The van der Waals surface area contributed by atoms with Crippen molar-refractivity contribution < 1.29 is 8.42 Å². The van der Waals surface area contributed by atoms with E-state index in [1.807, 2.05) is 4.90 Å². The lowest BCUT2D eigenvalue weighted by Crippen LogP contribution is -2.49. The van der Waals surface area contributed by atoms with Crippen molar-refractivity contribution in [2.24, 2.45) is 7.05 Å². The van der Waals surface area contributed by atoms with E-state index in [4.69, 9.17) is 0 Å². The van der Waals surface area contributed by atoms with E-state index in [9.17, 15) is 8.42 Å². The van der Waals surface area contributed by atoms with Crippen molar-refractivity contribution in [2.75, 3.05) is 31.1 Å². The Labute approximate surface area is 129 Å². The highest BCUT2D eigenvalue weighted by molar-refractivity contribution is 7.89. The number of rotatable bonds is 3. The monoisotopic (exact) mass is 322 g/mol. The van der Waals surface area contributed by atoms with E-state index in [1.165, 1.54) is 10.5 Å². The number of sulfonamides is 1. The molecule has 9 heteroatoms. The first-order chi connectivity index (χ1) is 10.5. The lowest BCUT2D eigenvalue weighted by Gasteiger charge is -2.33. The van der Waals surface area contributed by atoms with Crippen LogP contribution in [0.4, 0.5) is 5.95 Å². The van der Waals surface area contributed by atoms with E-state index in [2.05, 4.69) is 15.1 Å². The molecule has 1 aliphatic heterocycles. The summed E-state index contributed by atoms with van der Waals surface area (Å²) in [5.74, 6) is 0.636. The third-order valence-electron chi connectivity index (χ3n) is 3.88. The average Bonchev–Trinajstić information content (AvgIpc) is 2.88. The second kappa shape index (κ2) is 5.65. The molecule has 0 radical (unpaired) electrons. The molecule has 2 aromatic heterocycles. The molecule has 0 N–H and O–H groups in total. The van der Waals surface area contributed by atoms with Crippen molar-refractivity contribution in [3.63, 3.8) is 0 Å². The largest absolute Gasteiger partial charge is 0.338 e. The van der Waals surface area contributed by atoms with Gasteiger partial charge in [0.05, 0.1) is 11.9 Å². The SMILES string of the molecule is Cc1c(S(=O)(=O)N2CCN(c3ncccn3)CC2)cnn1C. The molecule has 0 atom stereocenters. The standard InChI is InChI=1S/C13H18N6O2S/c1-11-12(10-16-17(11)2)22(20,21)19-8-6-18(7-9-19)13-14-4-3-5-15-13/h3-5,10H,6-9H2,1-2H3. The summed E-state index contributed by atoms with van der Waals surface area (Å²) in [6, 6.07) is 1.76. The summed E-state index contributed by atoms with van der Waals surface area (Å²) in [7, 11) is -1.76. The summed E-state index contributed by atoms with van der Waals surface area (Å²) in [4.78, 5) is 10.7. The van der Waals surface area contributed by atoms with Crippen LogP contribution in [0.2, 0.25) is 0 Å². The van der Waals surface area contributed by atoms with E-state index in [1.54, 1.807) is 37.1 Å². The zero-order valence-electron chi connectivity index (χ0n) is 12.5. The van der Waals surface area contributed by atoms with Gasteiger partial charge in [-0.15, -0.1) is 0 Å². The number of aromatic nitrogens is 4. The molecule has 1 aliphatic rings. The van der Waals surface area contributed by atoms with Gasteiger partial charge in [-0.2, -0.15) is 9.40 Å². The molecular weight excluding hydrogens is 304 g/mol. The van der Waals surface area contributed by atoms with Crippen LogP contribution in [0.3, 0.4) is 0 Å². The fourth-order valence-corrected chi connectivity index (χ4v) is 4.06. The fourth-order valence-electron chi connectivity index (χ4n) is 2.45.